The molecule has 3 rings (SSSR count). The molecule has 43 heavy (non-hydrogen) atoms. The topological polar surface area (TPSA) is 185 Å². The molecule has 0 aliphatic carbocycles. The molecule has 0 unspecified atom stereocenters. The minimum Gasteiger partial charge on any atom is -0.444 e. The van der Waals surface area contributed by atoms with Crippen LogP contribution in [0.15, 0.2) is 53.6 Å². The van der Waals surface area contributed by atoms with Crippen molar-refractivity contribution in [2.45, 2.75) is 76.1 Å². The van der Waals surface area contributed by atoms with Gasteiger partial charge in [0.2, 0.25) is 11.8 Å². The largest absolute Gasteiger partial charge is 0.444 e. The predicted molar refractivity (Wildman–Crippen MR) is 158 cm³/mol. The van der Waals surface area contributed by atoms with Crippen molar-refractivity contribution >= 4 is 45.5 Å². The summed E-state index contributed by atoms with van der Waals surface area (Å²) in [7, 11) is -3.92. The monoisotopic (exact) mass is 618 g/mol. The van der Waals surface area contributed by atoms with E-state index in [1.54, 1.807) is 53.7 Å². The molecule has 2 heterocycles. The maximum absolute atomic E-state index is 13.3. The van der Waals surface area contributed by atoms with Crippen LogP contribution in [0.3, 0.4) is 0 Å². The Labute approximate surface area is 250 Å². The first kappa shape index (κ1) is 33.1. The van der Waals surface area contributed by atoms with E-state index in [1.807, 2.05) is 0 Å². The Morgan fingerprint density at radius 2 is 1.60 bits per heavy atom. The second-order valence-electron chi connectivity index (χ2n) is 11.8. The fourth-order valence-corrected chi connectivity index (χ4v) is 5.03. The Balaban J connectivity index is 1.67. The molecule has 14 nitrogen and oxygen atoms in total. The van der Waals surface area contributed by atoms with Gasteiger partial charge in [0.05, 0.1) is 4.90 Å². The Morgan fingerprint density at radius 3 is 2.19 bits per heavy atom. The van der Waals surface area contributed by atoms with Gasteiger partial charge in [0, 0.05) is 24.5 Å². The van der Waals surface area contributed by atoms with E-state index in [-0.39, 0.29) is 30.2 Å². The minimum absolute atomic E-state index is 0.0124. The van der Waals surface area contributed by atoms with Crippen molar-refractivity contribution in [1.82, 2.24) is 20.5 Å². The van der Waals surface area contributed by atoms with Crippen LogP contribution in [0, 0.1) is 0 Å². The van der Waals surface area contributed by atoms with Gasteiger partial charge in [-0.15, -0.1) is 0 Å². The predicted octanol–water partition coefficient (Wildman–Crippen LogP) is 2.84. The molecule has 1 saturated heterocycles. The van der Waals surface area contributed by atoms with Gasteiger partial charge in [-0.25, -0.2) is 23.0 Å². The lowest BCUT2D eigenvalue weighted by atomic mass is 10.1. The van der Waals surface area contributed by atoms with Gasteiger partial charge in [-0.05, 0) is 84.4 Å². The van der Waals surface area contributed by atoms with Gasteiger partial charge in [0.25, 0.3) is 10.0 Å². The summed E-state index contributed by atoms with van der Waals surface area (Å²) in [6.07, 6.45) is 0.0344. The van der Waals surface area contributed by atoms with E-state index in [9.17, 15) is 27.6 Å². The average molecular weight is 619 g/mol. The first-order valence-electron chi connectivity index (χ1n) is 13.5. The molecule has 4 amide bonds. The lowest BCUT2D eigenvalue weighted by Crippen LogP contribution is -2.46. The number of rotatable bonds is 8. The molecule has 0 radical (unpaired) electrons. The van der Waals surface area contributed by atoms with Crippen LogP contribution < -0.4 is 20.7 Å². The van der Waals surface area contributed by atoms with Gasteiger partial charge in [-0.1, -0.05) is 6.07 Å². The molecule has 2 aromatic rings. The summed E-state index contributed by atoms with van der Waals surface area (Å²) in [5.41, 5.74) is -1.27. The molecule has 1 aliphatic rings. The number of hydrogen-bond acceptors (Lipinski definition) is 9. The Morgan fingerprint density at radius 1 is 0.953 bits per heavy atom. The summed E-state index contributed by atoms with van der Waals surface area (Å²) >= 11 is 0. The molecule has 0 bridgehead atoms. The summed E-state index contributed by atoms with van der Waals surface area (Å²) in [5, 5.41) is 7.78. The quantitative estimate of drug-likeness (QED) is 0.345. The summed E-state index contributed by atoms with van der Waals surface area (Å²) in [4.78, 5) is 55.8. The maximum atomic E-state index is 13.3. The van der Waals surface area contributed by atoms with Crippen LogP contribution in [0.1, 0.15) is 48.0 Å². The summed E-state index contributed by atoms with van der Waals surface area (Å²) in [5.74, 6) is -0.931. The zero-order chi connectivity index (χ0) is 32.0. The first-order valence-corrected chi connectivity index (χ1v) is 15.0. The zero-order valence-electron chi connectivity index (χ0n) is 25.0. The van der Waals surface area contributed by atoms with E-state index in [1.165, 1.54) is 41.4 Å². The Kier molecular flexibility index (Phi) is 10.2. The number of ether oxygens (including phenoxy) is 2. The van der Waals surface area contributed by atoms with Crippen LogP contribution >= 0.6 is 0 Å². The highest BCUT2D eigenvalue weighted by molar-refractivity contribution is 7.92. The number of carbonyl (C=O) groups excluding carboxylic acids is 4. The van der Waals surface area contributed by atoms with Crippen molar-refractivity contribution in [2.75, 3.05) is 23.1 Å². The highest BCUT2D eigenvalue weighted by Crippen LogP contribution is 2.24. The minimum atomic E-state index is -3.92. The Hall–Kier alpha value is -4.40. The number of nitrogens with zero attached hydrogens (tertiary/aromatic N) is 2. The third-order valence-corrected chi connectivity index (χ3v) is 7.10. The number of amides is 4. The smallest absolute Gasteiger partial charge is 0.411 e. The fraction of sp³-hybridized carbons (Fsp3) is 0.464. The first-order chi connectivity index (χ1) is 19.9. The van der Waals surface area contributed by atoms with Crippen molar-refractivity contribution in [3.8, 4) is 0 Å². The maximum Gasteiger partial charge on any atom is 0.411 e. The van der Waals surface area contributed by atoms with Crippen molar-refractivity contribution in [1.29, 1.82) is 0 Å². The number of pyridine rings is 1. The molecule has 1 aromatic carbocycles. The van der Waals surface area contributed by atoms with Crippen LogP contribution in [0.5, 0.6) is 0 Å². The number of anilines is 2. The molecular formula is C28H38N6O8S. The number of benzene rings is 1. The van der Waals surface area contributed by atoms with E-state index >= 15 is 0 Å². The number of hydrogen-bond donors (Lipinski definition) is 4. The van der Waals surface area contributed by atoms with E-state index < -0.39 is 57.3 Å². The van der Waals surface area contributed by atoms with E-state index in [4.69, 9.17) is 9.47 Å². The number of likely N-dealkylation sites (tertiary alicyclic amines) is 1. The van der Waals surface area contributed by atoms with Crippen LogP contribution in [0.25, 0.3) is 0 Å². The van der Waals surface area contributed by atoms with Crippen LogP contribution in [0.2, 0.25) is 0 Å². The standard InChI is InChI=1S/C28H38N6O8S/c1-27(2,3)41-25(37)30-16-23(35)31-19-15-21(34(17-19)26(38)42-28(4,5)6)24(36)32-18-10-12-20(13-11-18)43(39,40)33-22-9-7-8-14-29-22/h7-14,19,21H,15-17H2,1-6H3,(H,29,33)(H,30,37)(H,31,35)(H,32,36)/t19-,21+/m1/s1. The molecular weight excluding hydrogens is 580 g/mol. The number of alkyl carbamates (subject to hydrolysis) is 1. The van der Waals surface area contributed by atoms with Crippen LogP contribution in [-0.4, -0.2) is 78.7 Å². The van der Waals surface area contributed by atoms with E-state index in [0.717, 1.165) is 0 Å². The van der Waals surface area contributed by atoms with Crippen molar-refractivity contribution in [3.05, 3.63) is 48.7 Å². The van der Waals surface area contributed by atoms with Crippen LogP contribution in [0.4, 0.5) is 21.1 Å². The van der Waals surface area contributed by atoms with Crippen molar-refractivity contribution in [3.63, 3.8) is 0 Å². The average Bonchev–Trinajstić information content (AvgIpc) is 3.30. The molecule has 0 spiro atoms. The SMILES string of the molecule is CC(C)(C)OC(=O)NCC(=O)N[C@@H]1C[C@@H](C(=O)Nc2ccc(S(=O)(=O)Nc3ccccn3)cc2)N(C(=O)OC(C)(C)C)C1. The normalized spacial score (nSPS) is 17.0. The number of nitrogens with one attached hydrogen (secondary N) is 4. The highest BCUT2D eigenvalue weighted by atomic mass is 32.2. The van der Waals surface area contributed by atoms with Crippen LogP contribution in [-0.2, 0) is 29.1 Å². The van der Waals surface area contributed by atoms with Gasteiger partial charge in [0.1, 0.15) is 29.6 Å². The number of carbonyl (C=O) groups is 4. The van der Waals surface area contributed by atoms with E-state index in [2.05, 4.69) is 25.7 Å². The van der Waals surface area contributed by atoms with Gasteiger partial charge in [-0.3, -0.25) is 19.2 Å². The second kappa shape index (κ2) is 13.3. The van der Waals surface area contributed by atoms with Crippen molar-refractivity contribution < 1.29 is 37.1 Å². The summed E-state index contributed by atoms with van der Waals surface area (Å²) in [6, 6.07) is 8.67. The lowest BCUT2D eigenvalue weighted by Gasteiger charge is -2.28. The Bertz CT molecular complexity index is 1420. The molecule has 234 valence electrons. The number of aromatic nitrogens is 1. The second-order valence-corrected chi connectivity index (χ2v) is 13.5. The molecule has 15 heteroatoms. The molecule has 0 saturated carbocycles. The highest BCUT2D eigenvalue weighted by Gasteiger charge is 2.42. The van der Waals surface area contributed by atoms with E-state index in [0.29, 0.717) is 5.69 Å². The third kappa shape index (κ3) is 10.4. The van der Waals surface area contributed by atoms with Gasteiger partial charge >= 0.3 is 12.2 Å². The summed E-state index contributed by atoms with van der Waals surface area (Å²) in [6.45, 7) is 9.78. The number of sulfonamides is 1. The van der Waals surface area contributed by atoms with Gasteiger partial charge < -0.3 is 25.4 Å². The lowest BCUT2D eigenvalue weighted by molar-refractivity contribution is -0.121. The molecule has 4 N–H and O–H groups in total. The van der Waals surface area contributed by atoms with Gasteiger partial charge in [0.15, 0.2) is 0 Å². The third-order valence-electron chi connectivity index (χ3n) is 5.72. The fourth-order valence-electron chi connectivity index (χ4n) is 4.02. The molecule has 1 aromatic heterocycles. The zero-order valence-corrected chi connectivity index (χ0v) is 25.8. The van der Waals surface area contributed by atoms with Gasteiger partial charge in [-0.2, -0.15) is 0 Å². The summed E-state index contributed by atoms with van der Waals surface area (Å²) < 4.78 is 38.3. The van der Waals surface area contributed by atoms with Crippen molar-refractivity contribution in [2.24, 2.45) is 0 Å². The molecule has 1 fully saturated rings. The molecule has 1 aliphatic heterocycles. The molecule has 2 atom stereocenters.